The molecule has 0 saturated carbocycles. The molecule has 0 bridgehead atoms. The van der Waals surface area contributed by atoms with Crippen molar-refractivity contribution in [3.8, 4) is 23.3 Å². The first-order chi connectivity index (χ1) is 16.2. The molecule has 1 amide bonds. The molecule has 1 fully saturated rings. The third kappa shape index (κ3) is 4.84. The van der Waals surface area contributed by atoms with Crippen molar-refractivity contribution >= 4 is 33.2 Å². The number of rotatable bonds is 6. The minimum atomic E-state index is -3.83. The molecule has 2 N–H and O–H groups in total. The largest absolute Gasteiger partial charge is 0.497 e. The van der Waals surface area contributed by atoms with Crippen LogP contribution in [0.4, 0.5) is 5.69 Å². The lowest BCUT2D eigenvalue weighted by Crippen LogP contribution is -2.24. The third-order valence-corrected chi connectivity index (χ3v) is 6.71. The first-order valence-electron chi connectivity index (χ1n) is 10.2. The lowest BCUT2D eigenvalue weighted by atomic mass is 9.97. The number of halogens is 1. The number of nitrogens with two attached hydrogens (primary N) is 1. The van der Waals surface area contributed by atoms with E-state index in [1.54, 1.807) is 53.4 Å². The van der Waals surface area contributed by atoms with E-state index in [-0.39, 0.29) is 23.1 Å². The van der Waals surface area contributed by atoms with Crippen molar-refractivity contribution in [1.82, 2.24) is 0 Å². The second kappa shape index (κ2) is 9.35. The van der Waals surface area contributed by atoms with Crippen LogP contribution in [0.3, 0.4) is 0 Å². The monoisotopic (exact) mass is 497 g/mol. The second-order valence-corrected chi connectivity index (χ2v) is 9.70. The summed E-state index contributed by atoms with van der Waals surface area (Å²) in [5.41, 5.74) is 1.65. The van der Waals surface area contributed by atoms with Crippen molar-refractivity contribution in [3.63, 3.8) is 0 Å². The van der Waals surface area contributed by atoms with Gasteiger partial charge in [0, 0.05) is 41.2 Å². The van der Waals surface area contributed by atoms with Crippen LogP contribution in [0.15, 0.2) is 65.6 Å². The van der Waals surface area contributed by atoms with Crippen LogP contribution in [0.25, 0.3) is 0 Å². The van der Waals surface area contributed by atoms with Crippen LogP contribution in [0, 0.1) is 11.3 Å². The van der Waals surface area contributed by atoms with Crippen LogP contribution >= 0.6 is 11.6 Å². The number of amides is 1. The van der Waals surface area contributed by atoms with Crippen LogP contribution in [0.2, 0.25) is 5.02 Å². The Morgan fingerprint density at radius 3 is 2.47 bits per heavy atom. The summed E-state index contributed by atoms with van der Waals surface area (Å²) < 4.78 is 34.4. The normalized spacial score (nSPS) is 15.8. The average Bonchev–Trinajstić information content (AvgIpc) is 3.19. The van der Waals surface area contributed by atoms with E-state index in [0.717, 1.165) is 5.56 Å². The predicted molar refractivity (Wildman–Crippen MR) is 127 cm³/mol. The van der Waals surface area contributed by atoms with Crippen LogP contribution in [0.5, 0.6) is 17.2 Å². The zero-order valence-electron chi connectivity index (χ0n) is 18.1. The zero-order chi connectivity index (χ0) is 24.5. The number of ether oxygens (including phenoxy) is 2. The van der Waals surface area contributed by atoms with Gasteiger partial charge >= 0.3 is 0 Å². The molecule has 8 nitrogen and oxygen atoms in total. The Morgan fingerprint density at radius 1 is 1.09 bits per heavy atom. The van der Waals surface area contributed by atoms with E-state index in [2.05, 4.69) is 6.07 Å². The molecule has 0 unspecified atom stereocenters. The maximum atomic E-state index is 12.8. The SMILES string of the molecule is COc1ccc(C#N)c(Oc2cc(Cl)ccc2[C@H]2CC(=O)N(c3ccc(S(N)(=O)=O)cc3)C2)c1. The lowest BCUT2D eigenvalue weighted by Gasteiger charge is -2.19. The summed E-state index contributed by atoms with van der Waals surface area (Å²) in [6.07, 6.45) is 0.220. The highest BCUT2D eigenvalue weighted by Gasteiger charge is 2.33. The summed E-state index contributed by atoms with van der Waals surface area (Å²) in [5.74, 6) is 0.941. The molecule has 3 aromatic rings. The number of nitrogens with zero attached hydrogens (tertiary/aromatic N) is 2. The molecule has 174 valence electrons. The number of carbonyl (C=O) groups is 1. The van der Waals surface area contributed by atoms with E-state index in [0.29, 0.717) is 40.1 Å². The van der Waals surface area contributed by atoms with Gasteiger partial charge in [-0.2, -0.15) is 5.26 Å². The smallest absolute Gasteiger partial charge is 0.238 e. The molecule has 3 aromatic carbocycles. The minimum Gasteiger partial charge on any atom is -0.497 e. The molecule has 0 aromatic heterocycles. The standard InChI is InChI=1S/C24H20ClN3O5S/c1-32-19-6-2-15(13-26)22(12-19)33-23-11-17(25)3-9-21(23)16-10-24(29)28(14-16)18-4-7-20(8-5-18)34(27,30)31/h2-9,11-12,16H,10,14H2,1H3,(H2,27,30,31)/t16-/m0/s1. The minimum absolute atomic E-state index is 0.0283. The van der Waals surface area contributed by atoms with Gasteiger partial charge in [-0.3, -0.25) is 4.79 Å². The first-order valence-corrected chi connectivity index (χ1v) is 12.1. The second-order valence-electron chi connectivity index (χ2n) is 7.70. The summed E-state index contributed by atoms with van der Waals surface area (Å²) in [6.45, 7) is 0.356. The number of methoxy groups -OCH3 is 1. The van der Waals surface area contributed by atoms with Gasteiger partial charge in [-0.15, -0.1) is 0 Å². The number of hydrogen-bond acceptors (Lipinski definition) is 6. The molecule has 34 heavy (non-hydrogen) atoms. The highest BCUT2D eigenvalue weighted by molar-refractivity contribution is 7.89. The summed E-state index contributed by atoms with van der Waals surface area (Å²) in [4.78, 5) is 14.4. The summed E-state index contributed by atoms with van der Waals surface area (Å²) >= 11 is 6.22. The fourth-order valence-corrected chi connectivity index (χ4v) is 4.52. The van der Waals surface area contributed by atoms with Crippen molar-refractivity contribution in [2.45, 2.75) is 17.2 Å². The van der Waals surface area contributed by atoms with Gasteiger partial charge in [0.15, 0.2) is 0 Å². The fourth-order valence-electron chi connectivity index (χ4n) is 3.84. The van der Waals surface area contributed by atoms with Gasteiger partial charge in [0.2, 0.25) is 15.9 Å². The maximum Gasteiger partial charge on any atom is 0.238 e. The van der Waals surface area contributed by atoms with Gasteiger partial charge < -0.3 is 14.4 Å². The molecule has 1 atom stereocenters. The predicted octanol–water partition coefficient (Wildman–Crippen LogP) is 4.18. The molecular weight excluding hydrogens is 478 g/mol. The Kier molecular flexibility index (Phi) is 6.48. The maximum absolute atomic E-state index is 12.8. The quantitative estimate of drug-likeness (QED) is 0.545. The van der Waals surface area contributed by atoms with Gasteiger partial charge in [-0.25, -0.2) is 13.6 Å². The Hall–Kier alpha value is -3.58. The van der Waals surface area contributed by atoms with E-state index in [1.165, 1.54) is 19.2 Å². The summed E-state index contributed by atoms with van der Waals surface area (Å²) in [6, 6.07) is 18.0. The highest BCUT2D eigenvalue weighted by Crippen LogP contribution is 2.40. The Labute approximate surface area is 202 Å². The van der Waals surface area contributed by atoms with Crippen molar-refractivity contribution < 1.29 is 22.7 Å². The van der Waals surface area contributed by atoms with E-state index in [1.807, 2.05) is 0 Å². The van der Waals surface area contributed by atoms with Crippen LogP contribution in [-0.2, 0) is 14.8 Å². The number of carbonyl (C=O) groups excluding carboxylic acids is 1. The molecule has 0 aliphatic carbocycles. The van der Waals surface area contributed by atoms with Crippen LogP contribution < -0.4 is 19.5 Å². The molecule has 1 aliphatic heterocycles. The Balaban J connectivity index is 1.64. The zero-order valence-corrected chi connectivity index (χ0v) is 19.6. The van der Waals surface area contributed by atoms with Gasteiger partial charge in [0.1, 0.15) is 23.3 Å². The molecule has 1 aliphatic rings. The molecular formula is C24H20ClN3O5S. The third-order valence-electron chi connectivity index (χ3n) is 5.55. The summed E-state index contributed by atoms with van der Waals surface area (Å²) in [7, 11) is -2.31. The Bertz CT molecular complexity index is 1400. The van der Waals surface area contributed by atoms with Gasteiger partial charge in [-0.05, 0) is 48.5 Å². The van der Waals surface area contributed by atoms with E-state index in [4.69, 9.17) is 26.2 Å². The van der Waals surface area contributed by atoms with Gasteiger partial charge in [-0.1, -0.05) is 17.7 Å². The van der Waals surface area contributed by atoms with Crippen molar-refractivity contribution in [3.05, 3.63) is 76.8 Å². The number of anilines is 1. The molecule has 10 heteroatoms. The number of hydrogen-bond donors (Lipinski definition) is 1. The summed E-state index contributed by atoms with van der Waals surface area (Å²) in [5, 5.41) is 15.1. The topological polar surface area (TPSA) is 123 Å². The van der Waals surface area contributed by atoms with E-state index in [9.17, 15) is 18.5 Å². The highest BCUT2D eigenvalue weighted by atomic mass is 35.5. The van der Waals surface area contributed by atoms with Gasteiger partial charge in [0.25, 0.3) is 0 Å². The van der Waals surface area contributed by atoms with Gasteiger partial charge in [0.05, 0.1) is 17.6 Å². The number of sulfonamides is 1. The molecule has 1 heterocycles. The van der Waals surface area contributed by atoms with E-state index < -0.39 is 10.0 Å². The molecule has 1 saturated heterocycles. The van der Waals surface area contributed by atoms with Crippen LogP contribution in [-0.4, -0.2) is 28.0 Å². The lowest BCUT2D eigenvalue weighted by molar-refractivity contribution is -0.117. The molecule has 0 spiro atoms. The number of primary sulfonamides is 1. The van der Waals surface area contributed by atoms with E-state index >= 15 is 0 Å². The Morgan fingerprint density at radius 2 is 1.82 bits per heavy atom. The average molecular weight is 498 g/mol. The van der Waals surface area contributed by atoms with Crippen molar-refractivity contribution in [2.75, 3.05) is 18.6 Å². The molecule has 0 radical (unpaired) electrons. The van der Waals surface area contributed by atoms with Crippen LogP contribution in [0.1, 0.15) is 23.5 Å². The molecule has 4 rings (SSSR count). The van der Waals surface area contributed by atoms with Crippen molar-refractivity contribution in [1.29, 1.82) is 5.26 Å². The number of benzene rings is 3. The van der Waals surface area contributed by atoms with Crippen molar-refractivity contribution in [2.24, 2.45) is 5.14 Å². The fraction of sp³-hybridized carbons (Fsp3) is 0.167. The number of nitriles is 1. The first kappa shape index (κ1) is 23.6.